The van der Waals surface area contributed by atoms with Crippen LogP contribution in [0.25, 0.3) is 10.8 Å². The van der Waals surface area contributed by atoms with Gasteiger partial charge in [0.05, 0.1) is 40.5 Å². The van der Waals surface area contributed by atoms with Crippen LogP contribution in [0.2, 0.25) is 10.0 Å². The monoisotopic (exact) mass is 466 g/mol. The van der Waals surface area contributed by atoms with E-state index in [0.29, 0.717) is 46.4 Å². The van der Waals surface area contributed by atoms with Gasteiger partial charge in [-0.1, -0.05) is 53.5 Å². The Balaban J connectivity index is 1.77. The van der Waals surface area contributed by atoms with E-state index in [1.807, 2.05) is 30.3 Å². The van der Waals surface area contributed by atoms with Crippen molar-refractivity contribution in [3.8, 4) is 6.07 Å². The molecule has 0 radical (unpaired) electrons. The van der Waals surface area contributed by atoms with Gasteiger partial charge in [-0.05, 0) is 34.5 Å². The van der Waals surface area contributed by atoms with Crippen molar-refractivity contribution >= 4 is 46.2 Å². The number of benzene rings is 3. The summed E-state index contributed by atoms with van der Waals surface area (Å²) < 4.78 is 5.80. The van der Waals surface area contributed by atoms with Gasteiger partial charge in [0.1, 0.15) is 6.29 Å². The van der Waals surface area contributed by atoms with Gasteiger partial charge in [-0.3, -0.25) is 4.79 Å². The summed E-state index contributed by atoms with van der Waals surface area (Å²) in [6.45, 7) is 1.22. The van der Waals surface area contributed by atoms with E-state index in [-0.39, 0.29) is 24.9 Å². The summed E-state index contributed by atoms with van der Waals surface area (Å²) in [6, 6.07) is 16.8. The van der Waals surface area contributed by atoms with E-state index in [1.54, 1.807) is 23.1 Å². The van der Waals surface area contributed by atoms with Crippen LogP contribution in [-0.2, 0) is 16.1 Å². The van der Waals surface area contributed by atoms with Crippen molar-refractivity contribution in [3.05, 3.63) is 80.8 Å². The molecule has 0 fully saturated rings. The topological polar surface area (TPSA) is 70.4 Å². The smallest absolute Gasteiger partial charge is 0.254 e. The minimum Gasteiger partial charge on any atom is -0.375 e. The van der Waals surface area contributed by atoms with E-state index in [1.165, 1.54) is 0 Å². The number of halogens is 2. The van der Waals surface area contributed by atoms with Crippen molar-refractivity contribution in [2.24, 2.45) is 0 Å². The van der Waals surface area contributed by atoms with Crippen LogP contribution in [0.4, 0.5) is 0 Å². The van der Waals surface area contributed by atoms with E-state index in [9.17, 15) is 14.9 Å². The van der Waals surface area contributed by atoms with Crippen LogP contribution >= 0.6 is 23.2 Å². The molecular weight excluding hydrogens is 447 g/mol. The highest BCUT2D eigenvalue weighted by molar-refractivity contribution is 6.42. The lowest BCUT2D eigenvalue weighted by atomic mass is 9.92. The molecule has 1 aliphatic rings. The molecule has 7 heteroatoms. The lowest BCUT2D eigenvalue weighted by Crippen LogP contribution is -2.39. The van der Waals surface area contributed by atoms with Crippen molar-refractivity contribution in [1.29, 1.82) is 5.26 Å². The molecule has 0 saturated heterocycles. The predicted molar refractivity (Wildman–Crippen MR) is 124 cm³/mol. The van der Waals surface area contributed by atoms with Crippen molar-refractivity contribution in [2.75, 3.05) is 19.7 Å². The maximum absolute atomic E-state index is 13.8. The van der Waals surface area contributed by atoms with Crippen LogP contribution in [0.3, 0.4) is 0 Å². The molecule has 0 bridgehead atoms. The molecule has 0 unspecified atom stereocenters. The van der Waals surface area contributed by atoms with Crippen molar-refractivity contribution in [1.82, 2.24) is 4.90 Å². The SMILES string of the molecule is N#Cc1cc2ccccc2c2c1COCCN(C[C@@H](CC=O)c1ccc(Cl)c(Cl)c1)C2=O. The highest BCUT2D eigenvalue weighted by atomic mass is 35.5. The van der Waals surface area contributed by atoms with Gasteiger partial charge in [-0.25, -0.2) is 0 Å². The Morgan fingerprint density at radius 1 is 1.16 bits per heavy atom. The molecule has 5 nitrogen and oxygen atoms in total. The molecule has 1 amide bonds. The molecule has 1 atom stereocenters. The van der Waals surface area contributed by atoms with Gasteiger partial charge < -0.3 is 14.4 Å². The highest BCUT2D eigenvalue weighted by Gasteiger charge is 2.28. The van der Waals surface area contributed by atoms with Crippen LogP contribution in [0.1, 0.15) is 39.4 Å². The molecule has 3 aromatic carbocycles. The standard InChI is InChI=1S/C25H20Cl2N2O3/c26-22-6-5-16(12-23(22)27)18(7-9-30)14-29-8-10-32-15-21-19(13-28)11-17-3-1-2-4-20(17)24(21)25(29)31/h1-6,9,11-12,18H,7-8,10,14-15H2/t18-/m1/s1. The highest BCUT2D eigenvalue weighted by Crippen LogP contribution is 2.32. The number of nitrogens with zero attached hydrogens (tertiary/aromatic N) is 2. The number of hydrogen-bond acceptors (Lipinski definition) is 4. The average molecular weight is 467 g/mol. The van der Waals surface area contributed by atoms with Crippen LogP contribution in [0.5, 0.6) is 0 Å². The second-order valence-corrected chi connectivity index (χ2v) is 8.50. The molecule has 4 rings (SSSR count). The minimum absolute atomic E-state index is 0.174. The molecule has 0 aliphatic carbocycles. The molecule has 1 aliphatic heterocycles. The molecule has 0 N–H and O–H groups in total. The molecule has 0 spiro atoms. The maximum atomic E-state index is 13.8. The first-order valence-corrected chi connectivity index (χ1v) is 11.0. The van der Waals surface area contributed by atoms with Gasteiger partial charge in [0.25, 0.3) is 5.91 Å². The van der Waals surface area contributed by atoms with Crippen molar-refractivity contribution < 1.29 is 14.3 Å². The number of nitriles is 1. The molecule has 162 valence electrons. The Morgan fingerprint density at radius 2 is 1.97 bits per heavy atom. The number of fused-ring (bicyclic) bond motifs is 3. The number of carbonyl (C=O) groups is 2. The van der Waals surface area contributed by atoms with E-state index in [4.69, 9.17) is 27.9 Å². The normalized spacial score (nSPS) is 14.9. The zero-order chi connectivity index (χ0) is 22.7. The van der Waals surface area contributed by atoms with Crippen LogP contribution < -0.4 is 0 Å². The lowest BCUT2D eigenvalue weighted by molar-refractivity contribution is -0.108. The first-order chi connectivity index (χ1) is 15.5. The number of ether oxygens (including phenoxy) is 1. The van der Waals surface area contributed by atoms with Crippen LogP contribution in [0.15, 0.2) is 48.5 Å². The largest absolute Gasteiger partial charge is 0.375 e. The fourth-order valence-corrected chi connectivity index (χ4v) is 4.44. The first kappa shape index (κ1) is 22.3. The lowest BCUT2D eigenvalue weighted by Gasteiger charge is -2.30. The van der Waals surface area contributed by atoms with Crippen LogP contribution in [0, 0.1) is 11.3 Å². The van der Waals surface area contributed by atoms with Gasteiger partial charge in [0.15, 0.2) is 0 Å². The van der Waals surface area contributed by atoms with Gasteiger partial charge in [-0.2, -0.15) is 5.26 Å². The number of hydrogen-bond donors (Lipinski definition) is 0. The zero-order valence-electron chi connectivity index (χ0n) is 17.2. The zero-order valence-corrected chi connectivity index (χ0v) is 18.7. The quantitative estimate of drug-likeness (QED) is 0.474. The van der Waals surface area contributed by atoms with Crippen molar-refractivity contribution in [3.63, 3.8) is 0 Å². The minimum atomic E-state index is -0.250. The Bertz CT molecular complexity index is 1240. The van der Waals surface area contributed by atoms with E-state index >= 15 is 0 Å². The Morgan fingerprint density at radius 3 is 2.72 bits per heavy atom. The van der Waals surface area contributed by atoms with Gasteiger partial charge in [0, 0.05) is 31.0 Å². The summed E-state index contributed by atoms with van der Waals surface area (Å²) in [6.07, 6.45) is 1.07. The van der Waals surface area contributed by atoms with Crippen LogP contribution in [-0.4, -0.2) is 36.8 Å². The summed E-state index contributed by atoms with van der Waals surface area (Å²) >= 11 is 12.2. The molecule has 0 aromatic heterocycles. The number of rotatable bonds is 5. The second kappa shape index (κ2) is 9.70. The summed E-state index contributed by atoms with van der Waals surface area (Å²) in [5, 5.41) is 12.1. The van der Waals surface area contributed by atoms with Gasteiger partial charge in [0.2, 0.25) is 0 Å². The van der Waals surface area contributed by atoms with E-state index in [2.05, 4.69) is 6.07 Å². The third kappa shape index (κ3) is 4.35. The number of aldehydes is 1. The fraction of sp³-hybridized carbons (Fsp3) is 0.240. The van der Waals surface area contributed by atoms with Gasteiger partial charge >= 0.3 is 0 Å². The Labute approximate surface area is 196 Å². The number of amides is 1. The number of carbonyl (C=O) groups excluding carboxylic acids is 2. The third-order valence-electron chi connectivity index (χ3n) is 5.77. The summed E-state index contributed by atoms with van der Waals surface area (Å²) in [5.74, 6) is -0.424. The maximum Gasteiger partial charge on any atom is 0.254 e. The van der Waals surface area contributed by atoms with E-state index in [0.717, 1.165) is 22.6 Å². The fourth-order valence-electron chi connectivity index (χ4n) is 4.13. The molecule has 0 saturated carbocycles. The van der Waals surface area contributed by atoms with E-state index < -0.39 is 0 Å². The molecular formula is C25H20Cl2N2O3. The molecule has 1 heterocycles. The Hall–Kier alpha value is -2.91. The molecule has 3 aromatic rings. The van der Waals surface area contributed by atoms with Crippen molar-refractivity contribution in [2.45, 2.75) is 18.9 Å². The summed E-state index contributed by atoms with van der Waals surface area (Å²) in [5.41, 5.74) is 2.35. The first-order valence-electron chi connectivity index (χ1n) is 10.2. The average Bonchev–Trinajstić information content (AvgIpc) is 2.79. The summed E-state index contributed by atoms with van der Waals surface area (Å²) in [4.78, 5) is 26.9. The molecule has 32 heavy (non-hydrogen) atoms. The second-order valence-electron chi connectivity index (χ2n) is 7.69. The van der Waals surface area contributed by atoms with Gasteiger partial charge in [-0.15, -0.1) is 0 Å². The summed E-state index contributed by atoms with van der Waals surface area (Å²) in [7, 11) is 0. The third-order valence-corrected chi connectivity index (χ3v) is 6.51. The Kier molecular flexibility index (Phi) is 6.76. The predicted octanol–water partition coefficient (Wildman–Crippen LogP) is 5.36.